The fourth-order valence-corrected chi connectivity index (χ4v) is 3.82. The van der Waals surface area contributed by atoms with Crippen molar-refractivity contribution in [2.45, 2.75) is 57.4 Å². The summed E-state index contributed by atoms with van der Waals surface area (Å²) in [5, 5.41) is 6.58. The average molecular weight is 382 g/mol. The van der Waals surface area contributed by atoms with E-state index in [9.17, 15) is 4.79 Å². The first-order valence-corrected chi connectivity index (χ1v) is 10.4. The summed E-state index contributed by atoms with van der Waals surface area (Å²) in [6.07, 6.45) is 8.88. The number of rotatable bonds is 7. The molecular formula is C20H32ClN3O2. The van der Waals surface area contributed by atoms with Crippen LogP contribution in [0, 0.1) is 5.41 Å². The maximum absolute atomic E-state index is 13.1. The van der Waals surface area contributed by atoms with Gasteiger partial charge in [-0.1, -0.05) is 26.0 Å². The molecule has 1 aliphatic heterocycles. The lowest BCUT2D eigenvalue weighted by molar-refractivity contribution is -0.122. The van der Waals surface area contributed by atoms with Gasteiger partial charge < -0.3 is 20.3 Å². The lowest BCUT2D eigenvalue weighted by Gasteiger charge is -2.33. The lowest BCUT2D eigenvalue weighted by Crippen LogP contribution is -2.45. The molecule has 0 aromatic heterocycles. The Bertz CT molecular complexity index is 565. The SMILES string of the molecule is CC/C(=C(/OCC1(C)CC1)C(=O)NC1C=CCC(Cl)C1)N1CCNCC1. The molecule has 3 aliphatic rings. The van der Waals surface area contributed by atoms with E-state index in [2.05, 4.69) is 35.5 Å². The molecule has 1 amide bonds. The highest BCUT2D eigenvalue weighted by Gasteiger charge is 2.39. The Labute approximate surface area is 162 Å². The van der Waals surface area contributed by atoms with Gasteiger partial charge in [0.25, 0.3) is 5.91 Å². The number of nitrogens with zero attached hydrogens (tertiary/aromatic N) is 1. The van der Waals surface area contributed by atoms with Crippen LogP contribution >= 0.6 is 11.6 Å². The maximum atomic E-state index is 13.1. The van der Waals surface area contributed by atoms with Crippen molar-refractivity contribution < 1.29 is 9.53 Å². The van der Waals surface area contributed by atoms with E-state index in [4.69, 9.17) is 16.3 Å². The molecule has 26 heavy (non-hydrogen) atoms. The largest absolute Gasteiger partial charge is 0.486 e. The van der Waals surface area contributed by atoms with Gasteiger partial charge in [0.1, 0.15) is 0 Å². The summed E-state index contributed by atoms with van der Waals surface area (Å²) in [5.41, 5.74) is 1.26. The van der Waals surface area contributed by atoms with Gasteiger partial charge in [-0.2, -0.15) is 0 Å². The second-order valence-corrected chi connectivity index (χ2v) is 8.66. The van der Waals surface area contributed by atoms with Crippen LogP contribution in [0.4, 0.5) is 0 Å². The molecule has 3 rings (SSSR count). The van der Waals surface area contributed by atoms with Crippen molar-refractivity contribution in [2.24, 2.45) is 5.41 Å². The van der Waals surface area contributed by atoms with Gasteiger partial charge in [-0.25, -0.2) is 0 Å². The predicted molar refractivity (Wildman–Crippen MR) is 105 cm³/mol. The second-order valence-electron chi connectivity index (χ2n) is 8.04. The Morgan fingerprint density at radius 3 is 2.73 bits per heavy atom. The van der Waals surface area contributed by atoms with Crippen LogP contribution in [0.25, 0.3) is 0 Å². The van der Waals surface area contributed by atoms with Crippen LogP contribution in [-0.4, -0.2) is 55.0 Å². The number of piperazine rings is 1. The van der Waals surface area contributed by atoms with Crippen molar-refractivity contribution >= 4 is 17.5 Å². The number of hydrogen-bond acceptors (Lipinski definition) is 4. The number of allylic oxidation sites excluding steroid dienone is 2. The average Bonchev–Trinajstić information content (AvgIpc) is 3.37. The fraction of sp³-hybridized carbons (Fsp3) is 0.750. The topological polar surface area (TPSA) is 53.6 Å². The Kier molecular flexibility index (Phi) is 6.51. The smallest absolute Gasteiger partial charge is 0.288 e. The van der Waals surface area contributed by atoms with E-state index < -0.39 is 0 Å². The Morgan fingerprint density at radius 2 is 2.12 bits per heavy atom. The molecule has 1 saturated heterocycles. The van der Waals surface area contributed by atoms with Crippen LogP contribution in [0.5, 0.6) is 0 Å². The number of ether oxygens (including phenoxy) is 1. The minimum atomic E-state index is -0.106. The second kappa shape index (κ2) is 8.66. The van der Waals surface area contributed by atoms with E-state index in [1.54, 1.807) is 0 Å². The summed E-state index contributed by atoms with van der Waals surface area (Å²) in [5.74, 6) is 0.401. The van der Waals surface area contributed by atoms with Crippen LogP contribution in [0.1, 0.15) is 46.0 Å². The third-order valence-electron chi connectivity index (χ3n) is 5.56. The van der Waals surface area contributed by atoms with Gasteiger partial charge >= 0.3 is 0 Å². The van der Waals surface area contributed by atoms with Crippen molar-refractivity contribution in [3.63, 3.8) is 0 Å². The number of carbonyl (C=O) groups excluding carboxylic acids is 1. The number of alkyl halides is 1. The first kappa shape index (κ1) is 19.6. The summed E-state index contributed by atoms with van der Waals surface area (Å²) in [7, 11) is 0. The summed E-state index contributed by atoms with van der Waals surface area (Å²) >= 11 is 6.25. The number of nitrogens with one attached hydrogen (secondary N) is 2. The zero-order valence-electron chi connectivity index (χ0n) is 16.0. The molecule has 0 spiro atoms. The van der Waals surface area contributed by atoms with E-state index >= 15 is 0 Å². The van der Waals surface area contributed by atoms with Crippen molar-refractivity contribution in [1.82, 2.24) is 15.5 Å². The minimum absolute atomic E-state index is 0.0185. The maximum Gasteiger partial charge on any atom is 0.288 e. The van der Waals surface area contributed by atoms with Crippen molar-refractivity contribution in [1.29, 1.82) is 0 Å². The molecule has 2 unspecified atom stereocenters. The molecule has 2 N–H and O–H groups in total. The fourth-order valence-electron chi connectivity index (χ4n) is 3.53. The normalized spacial score (nSPS) is 28.3. The Hall–Kier alpha value is -1.20. The van der Waals surface area contributed by atoms with E-state index in [1.807, 2.05) is 6.08 Å². The molecule has 0 aromatic rings. The van der Waals surface area contributed by atoms with Gasteiger partial charge in [-0.3, -0.25) is 4.79 Å². The molecule has 1 saturated carbocycles. The summed E-state index contributed by atoms with van der Waals surface area (Å²) in [6.45, 7) is 8.64. The first-order chi connectivity index (χ1) is 12.5. The number of amides is 1. The zero-order chi connectivity index (χ0) is 18.6. The molecule has 146 valence electrons. The molecule has 2 atom stereocenters. The highest BCUT2D eigenvalue weighted by Crippen LogP contribution is 2.45. The van der Waals surface area contributed by atoms with Gasteiger partial charge in [-0.15, -0.1) is 11.6 Å². The van der Waals surface area contributed by atoms with E-state index in [0.717, 1.165) is 51.1 Å². The monoisotopic (exact) mass is 381 g/mol. The van der Waals surface area contributed by atoms with Crippen LogP contribution in [0.3, 0.4) is 0 Å². The molecule has 2 fully saturated rings. The van der Waals surface area contributed by atoms with Crippen molar-refractivity contribution in [3.05, 3.63) is 23.6 Å². The Balaban J connectivity index is 1.76. The molecule has 1 heterocycles. The van der Waals surface area contributed by atoms with E-state index in [-0.39, 0.29) is 22.7 Å². The molecule has 6 heteroatoms. The lowest BCUT2D eigenvalue weighted by atomic mass is 10.0. The number of halogens is 1. The quantitative estimate of drug-likeness (QED) is 0.308. The predicted octanol–water partition coefficient (Wildman–Crippen LogP) is 2.77. The van der Waals surface area contributed by atoms with Gasteiger partial charge in [0, 0.05) is 43.0 Å². The van der Waals surface area contributed by atoms with E-state index in [1.165, 1.54) is 12.8 Å². The van der Waals surface area contributed by atoms with Gasteiger partial charge in [0.05, 0.1) is 12.3 Å². The molecule has 2 aliphatic carbocycles. The summed E-state index contributed by atoms with van der Waals surface area (Å²) in [6, 6.07) is -0.0185. The first-order valence-electron chi connectivity index (χ1n) is 9.94. The van der Waals surface area contributed by atoms with Crippen LogP contribution in [-0.2, 0) is 9.53 Å². The van der Waals surface area contributed by atoms with Crippen LogP contribution in [0.2, 0.25) is 0 Å². The molecule has 0 aromatic carbocycles. The molecule has 0 radical (unpaired) electrons. The zero-order valence-corrected chi connectivity index (χ0v) is 16.8. The minimum Gasteiger partial charge on any atom is -0.486 e. The molecule has 0 bridgehead atoms. The van der Waals surface area contributed by atoms with Gasteiger partial charge in [-0.05, 0) is 32.1 Å². The number of hydrogen-bond donors (Lipinski definition) is 2. The summed E-state index contributed by atoms with van der Waals surface area (Å²) in [4.78, 5) is 15.4. The van der Waals surface area contributed by atoms with Crippen LogP contribution < -0.4 is 10.6 Å². The Morgan fingerprint density at radius 1 is 1.38 bits per heavy atom. The van der Waals surface area contributed by atoms with Crippen LogP contribution in [0.15, 0.2) is 23.6 Å². The summed E-state index contributed by atoms with van der Waals surface area (Å²) < 4.78 is 6.15. The number of carbonyl (C=O) groups is 1. The molecular weight excluding hydrogens is 350 g/mol. The molecule has 5 nitrogen and oxygen atoms in total. The highest BCUT2D eigenvalue weighted by atomic mass is 35.5. The third-order valence-corrected chi connectivity index (χ3v) is 5.91. The highest BCUT2D eigenvalue weighted by molar-refractivity contribution is 6.20. The van der Waals surface area contributed by atoms with Gasteiger partial charge in [0.15, 0.2) is 0 Å². The van der Waals surface area contributed by atoms with E-state index in [0.29, 0.717) is 12.4 Å². The third kappa shape index (κ3) is 5.17. The standard InChI is InChI=1S/C20H32ClN3O2/c1-3-17(24-11-9-22-10-12-24)18(26-14-20(2)7-8-20)19(25)23-16-6-4-5-15(21)13-16/h4,6,15-16,22H,3,5,7-14H2,1-2H3,(H,23,25)/b18-17-. The van der Waals surface area contributed by atoms with Crippen molar-refractivity contribution in [2.75, 3.05) is 32.8 Å². The van der Waals surface area contributed by atoms with Gasteiger partial charge in [0.2, 0.25) is 5.76 Å². The van der Waals surface area contributed by atoms with Crippen molar-refractivity contribution in [3.8, 4) is 0 Å².